The fraction of sp³-hybridized carbons (Fsp3) is 0.611. The summed E-state index contributed by atoms with van der Waals surface area (Å²) in [5.41, 5.74) is -0.456. The first-order valence-corrected chi connectivity index (χ1v) is 8.11. The third-order valence-electron chi connectivity index (χ3n) is 2.77. The minimum Gasteiger partial charge on any atom is -0.443 e. The van der Waals surface area contributed by atoms with Crippen molar-refractivity contribution in [3.8, 4) is 0 Å². The highest BCUT2D eigenvalue weighted by Crippen LogP contribution is 2.15. The number of rotatable bonds is 4. The normalized spacial score (nSPS) is 11.8. The predicted molar refractivity (Wildman–Crippen MR) is 91.7 cm³/mol. The summed E-state index contributed by atoms with van der Waals surface area (Å²) in [6, 6.07) is 5.66. The molecule has 1 heterocycles. The Bertz CT molecular complexity index is 516. The molecule has 0 atom stereocenters. The Morgan fingerprint density at radius 2 is 1.54 bits per heavy atom. The van der Waals surface area contributed by atoms with E-state index in [1.54, 1.807) is 47.7 Å². The number of amides is 2. The maximum absolute atomic E-state index is 12.3. The second kappa shape index (κ2) is 8.13. The molecule has 0 aliphatic carbocycles. The van der Waals surface area contributed by atoms with E-state index in [0.29, 0.717) is 12.8 Å². The van der Waals surface area contributed by atoms with Gasteiger partial charge in [-0.2, -0.15) is 0 Å². The van der Waals surface area contributed by atoms with Crippen LogP contribution in [0.3, 0.4) is 0 Å². The number of nitrogens with zero attached hydrogens (tertiary/aromatic N) is 2. The molecular weight excluding hydrogens is 308 g/mol. The molecule has 0 aliphatic heterocycles. The molecule has 0 spiro atoms. The standard InChI is InChI=1S/C18H28N2O4/c1-17(2,3)23-15(21)20(16(22)24-18(4,5)6)13-9-11-14-10-7-8-12-19-14/h7-8,10,12H,9,11,13H2,1-6H3. The van der Waals surface area contributed by atoms with Gasteiger partial charge < -0.3 is 9.47 Å². The van der Waals surface area contributed by atoms with Gasteiger partial charge in [0.2, 0.25) is 0 Å². The first kappa shape index (κ1) is 19.9. The lowest BCUT2D eigenvalue weighted by Crippen LogP contribution is -2.44. The van der Waals surface area contributed by atoms with Crippen molar-refractivity contribution >= 4 is 12.2 Å². The number of hydrogen-bond donors (Lipinski definition) is 0. The molecule has 0 saturated carbocycles. The van der Waals surface area contributed by atoms with Crippen LogP contribution in [-0.4, -0.2) is 39.8 Å². The summed E-state index contributed by atoms with van der Waals surface area (Å²) in [7, 11) is 0. The molecule has 1 aromatic heterocycles. The summed E-state index contributed by atoms with van der Waals surface area (Å²) in [5.74, 6) is 0. The third kappa shape index (κ3) is 7.94. The van der Waals surface area contributed by atoms with Gasteiger partial charge in [-0.15, -0.1) is 0 Å². The summed E-state index contributed by atoms with van der Waals surface area (Å²) in [6.45, 7) is 10.7. The highest BCUT2D eigenvalue weighted by Gasteiger charge is 2.30. The van der Waals surface area contributed by atoms with Crippen LogP contribution in [0, 0.1) is 0 Å². The van der Waals surface area contributed by atoms with E-state index in [2.05, 4.69) is 4.98 Å². The topological polar surface area (TPSA) is 68.7 Å². The van der Waals surface area contributed by atoms with Gasteiger partial charge in [-0.05, 0) is 66.5 Å². The van der Waals surface area contributed by atoms with E-state index in [9.17, 15) is 9.59 Å². The largest absolute Gasteiger partial charge is 0.443 e. The van der Waals surface area contributed by atoms with Crippen LogP contribution in [0.25, 0.3) is 0 Å². The molecule has 2 amide bonds. The molecular formula is C18H28N2O4. The predicted octanol–water partition coefficient (Wildman–Crippen LogP) is 4.19. The van der Waals surface area contributed by atoms with Gasteiger partial charge in [0.1, 0.15) is 11.2 Å². The number of imide groups is 1. The van der Waals surface area contributed by atoms with E-state index < -0.39 is 23.4 Å². The van der Waals surface area contributed by atoms with Gasteiger partial charge in [-0.3, -0.25) is 4.98 Å². The first-order chi connectivity index (χ1) is 11.0. The molecule has 24 heavy (non-hydrogen) atoms. The Kier molecular flexibility index (Phi) is 6.75. The van der Waals surface area contributed by atoms with Crippen molar-refractivity contribution in [3.05, 3.63) is 30.1 Å². The van der Waals surface area contributed by atoms with Crippen molar-refractivity contribution in [2.45, 2.75) is 65.6 Å². The fourth-order valence-electron chi connectivity index (χ4n) is 1.86. The maximum Gasteiger partial charge on any atom is 0.419 e. The van der Waals surface area contributed by atoms with Crippen molar-refractivity contribution in [3.63, 3.8) is 0 Å². The number of aryl methyl sites for hydroxylation is 1. The van der Waals surface area contributed by atoms with Gasteiger partial charge in [0.05, 0.1) is 0 Å². The third-order valence-corrected chi connectivity index (χ3v) is 2.77. The van der Waals surface area contributed by atoms with Crippen LogP contribution in [0.2, 0.25) is 0 Å². The molecule has 0 unspecified atom stereocenters. The quantitative estimate of drug-likeness (QED) is 0.825. The smallest absolute Gasteiger partial charge is 0.419 e. The van der Waals surface area contributed by atoms with Crippen molar-refractivity contribution in [2.75, 3.05) is 6.54 Å². The van der Waals surface area contributed by atoms with Gasteiger partial charge in [0.25, 0.3) is 0 Å². The molecule has 0 aliphatic rings. The lowest BCUT2D eigenvalue weighted by atomic mass is 10.2. The zero-order valence-electron chi connectivity index (χ0n) is 15.5. The van der Waals surface area contributed by atoms with Crippen LogP contribution in [-0.2, 0) is 15.9 Å². The van der Waals surface area contributed by atoms with Gasteiger partial charge in [0, 0.05) is 18.4 Å². The summed E-state index contributed by atoms with van der Waals surface area (Å²) >= 11 is 0. The number of ether oxygens (including phenoxy) is 2. The summed E-state index contributed by atoms with van der Waals surface area (Å²) in [5, 5.41) is 0. The molecule has 0 radical (unpaired) electrons. The zero-order chi connectivity index (χ0) is 18.4. The number of carbonyl (C=O) groups is 2. The summed E-state index contributed by atoms with van der Waals surface area (Å²) < 4.78 is 10.6. The van der Waals surface area contributed by atoms with Crippen LogP contribution in [0.5, 0.6) is 0 Å². The van der Waals surface area contributed by atoms with E-state index in [1.165, 1.54) is 0 Å². The molecule has 0 saturated heterocycles. The van der Waals surface area contributed by atoms with Gasteiger partial charge in [-0.1, -0.05) is 6.07 Å². The molecule has 6 nitrogen and oxygen atoms in total. The van der Waals surface area contributed by atoms with Crippen LogP contribution < -0.4 is 0 Å². The van der Waals surface area contributed by atoms with Crippen molar-refractivity contribution in [2.24, 2.45) is 0 Å². The number of aromatic nitrogens is 1. The fourth-order valence-corrected chi connectivity index (χ4v) is 1.86. The van der Waals surface area contributed by atoms with Crippen LogP contribution >= 0.6 is 0 Å². The number of hydrogen-bond acceptors (Lipinski definition) is 5. The lowest BCUT2D eigenvalue weighted by molar-refractivity contribution is 0.00129. The van der Waals surface area contributed by atoms with E-state index in [4.69, 9.17) is 9.47 Å². The summed E-state index contributed by atoms with van der Waals surface area (Å²) in [6.07, 6.45) is 1.56. The molecule has 0 N–H and O–H groups in total. The van der Waals surface area contributed by atoms with Crippen molar-refractivity contribution in [1.29, 1.82) is 0 Å². The molecule has 0 bridgehead atoms. The Morgan fingerprint density at radius 3 is 1.96 bits per heavy atom. The number of carbonyl (C=O) groups excluding carboxylic acids is 2. The van der Waals surface area contributed by atoms with E-state index in [0.717, 1.165) is 10.6 Å². The molecule has 1 aromatic rings. The second-order valence-corrected chi connectivity index (χ2v) is 7.54. The van der Waals surface area contributed by atoms with E-state index >= 15 is 0 Å². The average molecular weight is 336 g/mol. The second-order valence-electron chi connectivity index (χ2n) is 7.54. The van der Waals surface area contributed by atoms with Crippen molar-refractivity contribution in [1.82, 2.24) is 9.88 Å². The molecule has 1 rings (SSSR count). The van der Waals surface area contributed by atoms with Gasteiger partial charge in [0.15, 0.2) is 0 Å². The Labute approximate surface area is 144 Å². The highest BCUT2D eigenvalue weighted by atomic mass is 16.6. The molecule has 0 aromatic carbocycles. The summed E-state index contributed by atoms with van der Waals surface area (Å²) in [4.78, 5) is 29.9. The number of pyridine rings is 1. The molecule has 6 heteroatoms. The molecule has 134 valence electrons. The Hall–Kier alpha value is -2.11. The SMILES string of the molecule is CC(C)(C)OC(=O)N(CCCc1ccccn1)C(=O)OC(C)(C)C. The minimum atomic E-state index is -0.697. The monoisotopic (exact) mass is 336 g/mol. The Balaban J connectivity index is 2.73. The zero-order valence-corrected chi connectivity index (χ0v) is 15.5. The molecule has 0 fully saturated rings. The lowest BCUT2D eigenvalue weighted by Gasteiger charge is -2.28. The van der Waals surface area contributed by atoms with Gasteiger partial charge in [-0.25, -0.2) is 14.5 Å². The van der Waals surface area contributed by atoms with Crippen LogP contribution in [0.15, 0.2) is 24.4 Å². The van der Waals surface area contributed by atoms with E-state index in [-0.39, 0.29) is 6.54 Å². The van der Waals surface area contributed by atoms with Crippen molar-refractivity contribution < 1.29 is 19.1 Å². The minimum absolute atomic E-state index is 0.209. The Morgan fingerprint density at radius 1 is 1.00 bits per heavy atom. The van der Waals surface area contributed by atoms with E-state index in [1.807, 2.05) is 18.2 Å². The van der Waals surface area contributed by atoms with Crippen LogP contribution in [0.1, 0.15) is 53.7 Å². The van der Waals surface area contributed by atoms with Crippen LogP contribution in [0.4, 0.5) is 9.59 Å². The highest BCUT2D eigenvalue weighted by molar-refractivity contribution is 5.88. The maximum atomic E-state index is 12.3. The first-order valence-electron chi connectivity index (χ1n) is 8.11. The average Bonchev–Trinajstić information content (AvgIpc) is 2.40. The van der Waals surface area contributed by atoms with Gasteiger partial charge >= 0.3 is 12.2 Å².